The molecule has 0 spiro atoms. The lowest BCUT2D eigenvalue weighted by atomic mass is 10.2. The van der Waals surface area contributed by atoms with Crippen LogP contribution in [0.3, 0.4) is 0 Å². The van der Waals surface area contributed by atoms with E-state index < -0.39 is 29.0 Å². The molecule has 2 amide bonds. The molecule has 0 bridgehead atoms. The monoisotopic (exact) mass is 350 g/mol. The van der Waals surface area contributed by atoms with Crippen molar-refractivity contribution >= 4 is 17.5 Å². The summed E-state index contributed by atoms with van der Waals surface area (Å²) in [5, 5.41) is 2.68. The van der Waals surface area contributed by atoms with Crippen LogP contribution in [0, 0.1) is 17.5 Å². The molecule has 0 aliphatic carbocycles. The molecule has 0 unspecified atom stereocenters. The first-order valence-corrected chi connectivity index (χ1v) is 7.62. The Bertz CT molecular complexity index is 766. The molecule has 132 valence electrons. The molecule has 2 aromatic carbocycles. The first kappa shape index (κ1) is 18.5. The molecule has 0 saturated heterocycles. The van der Waals surface area contributed by atoms with E-state index in [1.807, 2.05) is 30.3 Å². The topological polar surface area (TPSA) is 49.4 Å². The van der Waals surface area contributed by atoms with Gasteiger partial charge in [0.25, 0.3) is 0 Å². The van der Waals surface area contributed by atoms with Crippen molar-refractivity contribution in [3.05, 3.63) is 65.5 Å². The summed E-state index contributed by atoms with van der Waals surface area (Å²) in [6.45, 7) is 1.32. The van der Waals surface area contributed by atoms with E-state index in [2.05, 4.69) is 5.32 Å². The van der Waals surface area contributed by atoms with Crippen LogP contribution in [0.4, 0.5) is 18.9 Å². The average Bonchev–Trinajstić information content (AvgIpc) is 2.60. The van der Waals surface area contributed by atoms with Crippen molar-refractivity contribution in [3.8, 4) is 0 Å². The van der Waals surface area contributed by atoms with Gasteiger partial charge in [0.05, 0.1) is 5.69 Å². The van der Waals surface area contributed by atoms with E-state index in [1.165, 1.54) is 0 Å². The van der Waals surface area contributed by atoms with Gasteiger partial charge in [-0.2, -0.15) is 0 Å². The SMILES string of the molecule is CC(=O)N(CCC(=O)NCc1ccccc1)c1ccc(F)c(F)c1F. The zero-order valence-electron chi connectivity index (χ0n) is 13.6. The Morgan fingerprint density at radius 3 is 2.32 bits per heavy atom. The number of rotatable bonds is 6. The predicted octanol–water partition coefficient (Wildman–Crippen LogP) is 3.16. The fraction of sp³-hybridized carbons (Fsp3) is 0.222. The van der Waals surface area contributed by atoms with E-state index in [0.29, 0.717) is 6.54 Å². The smallest absolute Gasteiger partial charge is 0.223 e. The van der Waals surface area contributed by atoms with Crippen molar-refractivity contribution in [1.29, 1.82) is 0 Å². The van der Waals surface area contributed by atoms with E-state index in [4.69, 9.17) is 0 Å². The van der Waals surface area contributed by atoms with Crippen molar-refractivity contribution in [2.45, 2.75) is 19.9 Å². The number of halogens is 3. The standard InChI is InChI=1S/C18H17F3N2O2/c1-12(24)23(15-8-7-14(19)17(20)18(15)21)10-9-16(25)22-11-13-5-3-2-4-6-13/h2-8H,9-11H2,1H3,(H,22,25). The number of nitrogens with zero attached hydrogens (tertiary/aromatic N) is 1. The Morgan fingerprint density at radius 1 is 1.00 bits per heavy atom. The highest BCUT2D eigenvalue weighted by atomic mass is 19.2. The average molecular weight is 350 g/mol. The molecule has 0 aromatic heterocycles. The number of amides is 2. The van der Waals surface area contributed by atoms with Gasteiger partial charge in [0.1, 0.15) is 0 Å². The summed E-state index contributed by atoms with van der Waals surface area (Å²) in [5.41, 5.74) is 0.508. The molecule has 4 nitrogen and oxygen atoms in total. The van der Waals surface area contributed by atoms with Crippen molar-refractivity contribution < 1.29 is 22.8 Å². The third-order valence-corrected chi connectivity index (χ3v) is 3.58. The largest absolute Gasteiger partial charge is 0.352 e. The summed E-state index contributed by atoms with van der Waals surface area (Å²) in [6, 6.07) is 10.9. The van der Waals surface area contributed by atoms with E-state index >= 15 is 0 Å². The molecule has 25 heavy (non-hydrogen) atoms. The van der Waals surface area contributed by atoms with Crippen molar-refractivity contribution in [2.24, 2.45) is 0 Å². The van der Waals surface area contributed by atoms with E-state index in [9.17, 15) is 22.8 Å². The lowest BCUT2D eigenvalue weighted by Gasteiger charge is -2.21. The highest BCUT2D eigenvalue weighted by Gasteiger charge is 2.21. The van der Waals surface area contributed by atoms with E-state index in [0.717, 1.165) is 29.5 Å². The predicted molar refractivity (Wildman–Crippen MR) is 87.2 cm³/mol. The van der Waals surface area contributed by atoms with Crippen LogP contribution in [0.25, 0.3) is 0 Å². The summed E-state index contributed by atoms with van der Waals surface area (Å²) in [5.74, 6) is -5.39. The normalized spacial score (nSPS) is 10.4. The Kier molecular flexibility index (Phi) is 6.16. The molecule has 0 radical (unpaired) electrons. The van der Waals surface area contributed by atoms with Crippen LogP contribution >= 0.6 is 0 Å². The van der Waals surface area contributed by atoms with E-state index in [1.54, 1.807) is 0 Å². The summed E-state index contributed by atoms with van der Waals surface area (Å²) in [7, 11) is 0. The van der Waals surface area contributed by atoms with Crippen LogP contribution in [0.2, 0.25) is 0 Å². The lowest BCUT2D eigenvalue weighted by molar-refractivity contribution is -0.121. The maximum Gasteiger partial charge on any atom is 0.223 e. The first-order valence-electron chi connectivity index (χ1n) is 7.62. The van der Waals surface area contributed by atoms with Crippen LogP contribution in [0.15, 0.2) is 42.5 Å². The van der Waals surface area contributed by atoms with Gasteiger partial charge in [0, 0.05) is 26.4 Å². The highest BCUT2D eigenvalue weighted by molar-refractivity contribution is 5.92. The van der Waals surface area contributed by atoms with Gasteiger partial charge < -0.3 is 10.2 Å². The third-order valence-electron chi connectivity index (χ3n) is 3.58. The summed E-state index contributed by atoms with van der Waals surface area (Å²) in [4.78, 5) is 24.5. The fourth-order valence-corrected chi connectivity index (χ4v) is 2.27. The number of carbonyl (C=O) groups excluding carboxylic acids is 2. The van der Waals surface area contributed by atoms with Gasteiger partial charge in [0.15, 0.2) is 17.5 Å². The van der Waals surface area contributed by atoms with Crippen LogP contribution in [0.1, 0.15) is 18.9 Å². The molecule has 1 N–H and O–H groups in total. The Morgan fingerprint density at radius 2 is 1.68 bits per heavy atom. The third kappa shape index (κ3) is 4.82. The zero-order chi connectivity index (χ0) is 18.4. The summed E-state index contributed by atoms with van der Waals surface area (Å²) < 4.78 is 40.2. The van der Waals surface area contributed by atoms with Gasteiger partial charge in [-0.15, -0.1) is 0 Å². The van der Waals surface area contributed by atoms with Crippen LogP contribution in [0.5, 0.6) is 0 Å². The van der Waals surface area contributed by atoms with Gasteiger partial charge in [-0.1, -0.05) is 30.3 Å². The molecule has 0 aliphatic heterocycles. The van der Waals surface area contributed by atoms with Gasteiger partial charge in [0.2, 0.25) is 11.8 Å². The van der Waals surface area contributed by atoms with Gasteiger partial charge >= 0.3 is 0 Å². The molecule has 2 aromatic rings. The fourth-order valence-electron chi connectivity index (χ4n) is 2.27. The molecule has 0 heterocycles. The van der Waals surface area contributed by atoms with Crippen LogP contribution in [-0.4, -0.2) is 18.4 Å². The van der Waals surface area contributed by atoms with Gasteiger partial charge in [-0.05, 0) is 17.7 Å². The van der Waals surface area contributed by atoms with Gasteiger partial charge in [-0.3, -0.25) is 9.59 Å². The second-order valence-electron chi connectivity index (χ2n) is 5.38. The van der Waals surface area contributed by atoms with E-state index in [-0.39, 0.29) is 18.9 Å². The maximum atomic E-state index is 13.9. The Balaban J connectivity index is 1.99. The molecule has 2 rings (SSSR count). The first-order chi connectivity index (χ1) is 11.9. The highest BCUT2D eigenvalue weighted by Crippen LogP contribution is 2.24. The zero-order valence-corrected chi connectivity index (χ0v) is 13.6. The Hall–Kier alpha value is -2.83. The van der Waals surface area contributed by atoms with Crippen molar-refractivity contribution in [2.75, 3.05) is 11.4 Å². The maximum absolute atomic E-state index is 13.9. The molecule has 7 heteroatoms. The molecule has 0 fully saturated rings. The second-order valence-corrected chi connectivity index (χ2v) is 5.38. The van der Waals surface area contributed by atoms with Crippen molar-refractivity contribution in [3.63, 3.8) is 0 Å². The summed E-state index contributed by atoms with van der Waals surface area (Å²) in [6.07, 6.45) is -0.106. The molecule has 0 saturated carbocycles. The summed E-state index contributed by atoms with van der Waals surface area (Å²) >= 11 is 0. The lowest BCUT2D eigenvalue weighted by Crippen LogP contribution is -2.34. The quantitative estimate of drug-likeness (QED) is 0.814. The number of benzene rings is 2. The number of anilines is 1. The van der Waals surface area contributed by atoms with Crippen molar-refractivity contribution in [1.82, 2.24) is 5.32 Å². The molecular weight excluding hydrogens is 333 g/mol. The molecule has 0 aliphatic rings. The van der Waals surface area contributed by atoms with Gasteiger partial charge in [-0.25, -0.2) is 13.2 Å². The minimum absolute atomic E-state index is 0.106. The second kappa shape index (κ2) is 8.32. The number of hydrogen-bond donors (Lipinski definition) is 1. The number of carbonyl (C=O) groups is 2. The molecular formula is C18H17F3N2O2. The Labute approximate surface area is 143 Å². The minimum Gasteiger partial charge on any atom is -0.352 e. The van der Waals surface area contributed by atoms with Crippen LogP contribution < -0.4 is 10.2 Å². The number of hydrogen-bond acceptors (Lipinski definition) is 2. The minimum atomic E-state index is -1.66. The molecule has 0 atom stereocenters. The van der Waals surface area contributed by atoms with Crippen LogP contribution in [-0.2, 0) is 16.1 Å². The number of nitrogens with one attached hydrogen (secondary N) is 1.